The molecule has 0 aromatic heterocycles. The first kappa shape index (κ1) is 15.4. The van der Waals surface area contributed by atoms with Crippen molar-refractivity contribution in [3.8, 4) is 0 Å². The van der Waals surface area contributed by atoms with E-state index in [0.717, 1.165) is 15.7 Å². The molecule has 1 aliphatic rings. The lowest BCUT2D eigenvalue weighted by molar-refractivity contribution is -0.0943. The maximum atomic E-state index is 12.6. The minimum atomic E-state index is -4.21. The van der Waals surface area contributed by atoms with Crippen LogP contribution in [0.2, 0.25) is 0 Å². The fraction of sp³-hybridized carbons (Fsp3) is 0.429. The lowest BCUT2D eigenvalue weighted by Gasteiger charge is -2.30. The normalized spacial score (nSPS) is 17.9. The second-order valence-corrected chi connectivity index (χ2v) is 5.78. The average molecular weight is 349 g/mol. The molecule has 110 valence electrons. The van der Waals surface area contributed by atoms with Gasteiger partial charge in [-0.2, -0.15) is 13.2 Å². The van der Waals surface area contributed by atoms with Crippen molar-refractivity contribution in [1.82, 2.24) is 0 Å². The van der Waals surface area contributed by atoms with Crippen LogP contribution < -0.4 is 10.6 Å². The van der Waals surface area contributed by atoms with Crippen molar-refractivity contribution in [2.45, 2.75) is 25.6 Å². The fourth-order valence-corrected chi connectivity index (χ4v) is 2.86. The Kier molecular flexibility index (Phi) is 4.44. The molecule has 0 saturated carbocycles. The van der Waals surface area contributed by atoms with E-state index in [1.807, 2.05) is 30.0 Å². The highest BCUT2D eigenvalue weighted by molar-refractivity contribution is 9.10. The Bertz CT molecular complexity index is 524. The second-order valence-electron chi connectivity index (χ2n) is 4.92. The van der Waals surface area contributed by atoms with Crippen LogP contribution in [0.1, 0.15) is 24.9 Å². The number of nitrogens with two attached hydrogens (primary N) is 1. The summed E-state index contributed by atoms with van der Waals surface area (Å²) in [4.78, 5) is 1.92. The summed E-state index contributed by atoms with van der Waals surface area (Å²) in [7, 11) is 0. The van der Waals surface area contributed by atoms with E-state index >= 15 is 0 Å². The molecule has 1 heterocycles. The van der Waals surface area contributed by atoms with Gasteiger partial charge in [0, 0.05) is 29.2 Å². The summed E-state index contributed by atoms with van der Waals surface area (Å²) in [6.07, 6.45) is -2.93. The molecule has 2 N–H and O–H groups in total. The lowest BCUT2D eigenvalue weighted by Crippen LogP contribution is -2.32. The summed E-state index contributed by atoms with van der Waals surface area (Å²) in [6.45, 7) is 2.52. The van der Waals surface area contributed by atoms with Crippen LogP contribution in [0.15, 0.2) is 34.3 Å². The van der Waals surface area contributed by atoms with E-state index in [1.54, 1.807) is 0 Å². The predicted molar refractivity (Wildman–Crippen MR) is 77.7 cm³/mol. The Labute approximate surface area is 124 Å². The van der Waals surface area contributed by atoms with Crippen LogP contribution in [0, 0.1) is 0 Å². The minimum Gasteiger partial charge on any atom is -0.367 e. The lowest BCUT2D eigenvalue weighted by atomic mass is 10.1. The summed E-state index contributed by atoms with van der Waals surface area (Å²) in [5.74, 6) is 0. The number of hydrogen-bond donors (Lipinski definition) is 1. The van der Waals surface area contributed by atoms with Crippen molar-refractivity contribution in [2.75, 3.05) is 18.0 Å². The van der Waals surface area contributed by atoms with Crippen LogP contribution in [0.5, 0.6) is 0 Å². The molecule has 0 aliphatic carbocycles. The van der Waals surface area contributed by atoms with Gasteiger partial charge in [-0.15, -0.1) is 0 Å². The molecule has 2 nitrogen and oxygen atoms in total. The van der Waals surface area contributed by atoms with Crippen molar-refractivity contribution in [2.24, 2.45) is 5.73 Å². The first-order valence-electron chi connectivity index (χ1n) is 6.35. The SMILES string of the molecule is CC(N)c1ccc(N2CC=C(C(F)(F)F)CC2)c(Br)c1. The van der Waals surface area contributed by atoms with E-state index in [0.29, 0.717) is 6.54 Å². The maximum absolute atomic E-state index is 12.6. The monoisotopic (exact) mass is 348 g/mol. The number of halogens is 4. The number of alkyl halides is 3. The molecule has 0 bridgehead atoms. The molecule has 1 aromatic rings. The van der Waals surface area contributed by atoms with Gasteiger partial charge in [0.25, 0.3) is 0 Å². The van der Waals surface area contributed by atoms with Crippen molar-refractivity contribution in [3.05, 3.63) is 39.9 Å². The van der Waals surface area contributed by atoms with Crippen molar-refractivity contribution < 1.29 is 13.2 Å². The molecule has 0 radical (unpaired) electrons. The molecule has 6 heteroatoms. The number of nitrogens with zero attached hydrogens (tertiary/aromatic N) is 1. The summed E-state index contributed by atoms with van der Waals surface area (Å²) in [5, 5.41) is 0. The Balaban J connectivity index is 2.17. The zero-order valence-electron chi connectivity index (χ0n) is 11.0. The summed E-state index contributed by atoms with van der Waals surface area (Å²) in [5.41, 5.74) is 7.26. The largest absolute Gasteiger partial charge is 0.412 e. The first-order valence-corrected chi connectivity index (χ1v) is 7.14. The zero-order chi connectivity index (χ0) is 14.9. The van der Waals surface area contributed by atoms with Gasteiger partial charge in [0.05, 0.1) is 5.69 Å². The number of hydrogen-bond acceptors (Lipinski definition) is 2. The molecule has 0 spiro atoms. The van der Waals surface area contributed by atoms with Crippen LogP contribution >= 0.6 is 15.9 Å². The molecule has 20 heavy (non-hydrogen) atoms. The number of rotatable bonds is 2. The highest BCUT2D eigenvalue weighted by Crippen LogP contribution is 2.34. The van der Waals surface area contributed by atoms with Crippen LogP contribution in [0.4, 0.5) is 18.9 Å². The minimum absolute atomic E-state index is 0.0188. The van der Waals surface area contributed by atoms with Gasteiger partial charge in [0.15, 0.2) is 0 Å². The smallest absolute Gasteiger partial charge is 0.367 e. The van der Waals surface area contributed by atoms with E-state index in [4.69, 9.17) is 5.73 Å². The first-order chi connectivity index (χ1) is 9.29. The molecule has 1 unspecified atom stereocenters. The third-order valence-electron chi connectivity index (χ3n) is 3.41. The van der Waals surface area contributed by atoms with Crippen molar-refractivity contribution in [1.29, 1.82) is 0 Å². The van der Waals surface area contributed by atoms with Crippen LogP contribution in [0.3, 0.4) is 0 Å². The number of benzene rings is 1. The van der Waals surface area contributed by atoms with Crippen LogP contribution in [-0.2, 0) is 0 Å². The molecule has 0 saturated heterocycles. The van der Waals surface area contributed by atoms with Gasteiger partial charge in [-0.1, -0.05) is 12.1 Å². The van der Waals surface area contributed by atoms with Gasteiger partial charge in [-0.05, 0) is 47.0 Å². The van der Waals surface area contributed by atoms with Crippen molar-refractivity contribution in [3.63, 3.8) is 0 Å². The highest BCUT2D eigenvalue weighted by Gasteiger charge is 2.34. The molecule has 1 aliphatic heterocycles. The number of anilines is 1. The van der Waals surface area contributed by atoms with E-state index in [2.05, 4.69) is 15.9 Å². The molecule has 0 fully saturated rings. The Morgan fingerprint density at radius 2 is 2.05 bits per heavy atom. The van der Waals surface area contributed by atoms with Gasteiger partial charge in [-0.3, -0.25) is 0 Å². The highest BCUT2D eigenvalue weighted by atomic mass is 79.9. The third kappa shape index (κ3) is 3.35. The van der Waals surface area contributed by atoms with E-state index in [9.17, 15) is 13.2 Å². The summed E-state index contributed by atoms with van der Waals surface area (Å²) >= 11 is 3.47. The van der Waals surface area contributed by atoms with Gasteiger partial charge in [0.2, 0.25) is 0 Å². The van der Waals surface area contributed by atoms with Crippen LogP contribution in [-0.4, -0.2) is 19.3 Å². The molecule has 0 amide bonds. The average Bonchev–Trinajstić information content (AvgIpc) is 2.37. The van der Waals surface area contributed by atoms with E-state index in [1.165, 1.54) is 6.08 Å². The Morgan fingerprint density at radius 3 is 2.50 bits per heavy atom. The van der Waals surface area contributed by atoms with Gasteiger partial charge in [0.1, 0.15) is 0 Å². The predicted octanol–water partition coefficient (Wildman–Crippen LogP) is 4.17. The molecular weight excluding hydrogens is 333 g/mol. The van der Waals surface area contributed by atoms with Crippen molar-refractivity contribution >= 4 is 21.6 Å². The zero-order valence-corrected chi connectivity index (χ0v) is 12.6. The topological polar surface area (TPSA) is 29.3 Å². The molecule has 2 rings (SSSR count). The quantitative estimate of drug-likeness (QED) is 0.812. The van der Waals surface area contributed by atoms with Gasteiger partial charge in [-0.25, -0.2) is 0 Å². The molecule has 1 aromatic carbocycles. The fourth-order valence-electron chi connectivity index (χ4n) is 2.21. The van der Waals surface area contributed by atoms with Gasteiger partial charge >= 0.3 is 6.18 Å². The van der Waals surface area contributed by atoms with E-state index < -0.39 is 11.7 Å². The maximum Gasteiger partial charge on any atom is 0.412 e. The Morgan fingerprint density at radius 1 is 1.35 bits per heavy atom. The Hall–Kier alpha value is -1.01. The van der Waals surface area contributed by atoms with Gasteiger partial charge < -0.3 is 10.6 Å². The standard InChI is InChI=1S/C14H16BrF3N2/c1-9(19)10-2-3-13(12(15)8-10)20-6-4-11(5-7-20)14(16,17)18/h2-4,8-9H,5-7,19H2,1H3. The molecular formula is C14H16BrF3N2. The van der Waals surface area contributed by atoms with E-state index in [-0.39, 0.29) is 19.0 Å². The molecule has 1 atom stereocenters. The van der Waals surface area contributed by atoms with Crippen LogP contribution in [0.25, 0.3) is 0 Å². The summed E-state index contributed by atoms with van der Waals surface area (Å²) < 4.78 is 38.6. The third-order valence-corrected chi connectivity index (χ3v) is 4.05. The second kappa shape index (κ2) is 5.77. The summed E-state index contributed by atoms with van der Waals surface area (Å²) in [6, 6.07) is 5.66.